The third kappa shape index (κ3) is 5.51. The topological polar surface area (TPSA) is 100 Å². The lowest BCUT2D eigenvalue weighted by molar-refractivity contribution is -0.135. The minimum Gasteiger partial charge on any atom is -0.461 e. The van der Waals surface area contributed by atoms with Crippen molar-refractivity contribution >= 4 is 34.9 Å². The summed E-state index contributed by atoms with van der Waals surface area (Å²) >= 11 is 0. The lowest BCUT2D eigenvalue weighted by atomic mass is 10.1. The van der Waals surface area contributed by atoms with Crippen molar-refractivity contribution in [2.45, 2.75) is 45.7 Å². The molecule has 0 fully saturated rings. The van der Waals surface area contributed by atoms with Gasteiger partial charge in [-0.15, -0.1) is 0 Å². The van der Waals surface area contributed by atoms with E-state index in [1.165, 1.54) is 5.01 Å². The average molecular weight is 437 g/mol. The number of hydrogen-bond acceptors (Lipinski definition) is 6. The highest BCUT2D eigenvalue weighted by atomic mass is 16.5. The van der Waals surface area contributed by atoms with Gasteiger partial charge in [0.2, 0.25) is 5.91 Å². The molecule has 1 atom stereocenters. The van der Waals surface area contributed by atoms with Gasteiger partial charge in [0.1, 0.15) is 11.8 Å². The molecule has 168 valence electrons. The first-order valence-corrected chi connectivity index (χ1v) is 10.5. The Bertz CT molecular complexity index is 1030. The highest BCUT2D eigenvalue weighted by molar-refractivity contribution is 6.38. The van der Waals surface area contributed by atoms with E-state index < -0.39 is 17.6 Å². The molecule has 2 aromatic carbocycles. The van der Waals surface area contributed by atoms with Crippen molar-refractivity contribution < 1.29 is 19.1 Å². The molecule has 1 unspecified atom stereocenters. The number of para-hydroxylation sites is 2. The average Bonchev–Trinajstić information content (AvgIpc) is 3.19. The van der Waals surface area contributed by atoms with E-state index in [-0.39, 0.29) is 30.6 Å². The molecule has 32 heavy (non-hydrogen) atoms. The lowest BCUT2D eigenvalue weighted by Crippen LogP contribution is -2.42. The summed E-state index contributed by atoms with van der Waals surface area (Å²) in [5.74, 6) is -1.22. The van der Waals surface area contributed by atoms with E-state index in [9.17, 15) is 14.4 Å². The molecular formula is C24H28N4O4. The van der Waals surface area contributed by atoms with E-state index >= 15 is 0 Å². The van der Waals surface area contributed by atoms with Crippen molar-refractivity contribution in [2.24, 2.45) is 5.10 Å². The van der Waals surface area contributed by atoms with E-state index in [4.69, 9.17) is 4.74 Å². The Morgan fingerprint density at radius 1 is 1.06 bits per heavy atom. The Morgan fingerprint density at radius 2 is 1.72 bits per heavy atom. The Balaban J connectivity index is 1.85. The van der Waals surface area contributed by atoms with Gasteiger partial charge in [-0.2, -0.15) is 5.10 Å². The third-order valence-electron chi connectivity index (χ3n) is 4.66. The van der Waals surface area contributed by atoms with Crippen molar-refractivity contribution in [1.82, 2.24) is 5.32 Å². The number of benzene rings is 2. The summed E-state index contributed by atoms with van der Waals surface area (Å²) in [6.07, 6.45) is 0.0932. The van der Waals surface area contributed by atoms with Gasteiger partial charge in [0.05, 0.1) is 23.5 Å². The zero-order chi connectivity index (χ0) is 23.3. The van der Waals surface area contributed by atoms with Gasteiger partial charge in [0.25, 0.3) is 5.91 Å². The highest BCUT2D eigenvalue weighted by Crippen LogP contribution is 2.26. The summed E-state index contributed by atoms with van der Waals surface area (Å²) in [6.45, 7) is 7.59. The summed E-state index contributed by atoms with van der Waals surface area (Å²) < 4.78 is 5.07. The lowest BCUT2D eigenvalue weighted by Gasteiger charge is -2.24. The fraction of sp³-hybridized carbons (Fsp3) is 0.333. The molecule has 0 aliphatic carbocycles. The van der Waals surface area contributed by atoms with Crippen molar-refractivity contribution in [3.63, 3.8) is 0 Å². The number of carbonyl (C=O) groups excluding carboxylic acids is 3. The second kappa shape index (κ2) is 9.64. The smallest absolute Gasteiger partial charge is 0.354 e. The number of rotatable bonds is 6. The van der Waals surface area contributed by atoms with Crippen LogP contribution in [0.1, 0.15) is 44.5 Å². The maximum Gasteiger partial charge on any atom is 0.354 e. The van der Waals surface area contributed by atoms with Gasteiger partial charge in [-0.3, -0.25) is 14.6 Å². The zero-order valence-corrected chi connectivity index (χ0v) is 18.7. The molecule has 0 bridgehead atoms. The van der Waals surface area contributed by atoms with E-state index in [1.807, 2.05) is 51.1 Å². The van der Waals surface area contributed by atoms with Crippen molar-refractivity contribution in [1.29, 1.82) is 0 Å². The van der Waals surface area contributed by atoms with Gasteiger partial charge in [-0.1, -0.05) is 30.3 Å². The predicted octanol–water partition coefficient (Wildman–Crippen LogP) is 3.35. The van der Waals surface area contributed by atoms with Crippen LogP contribution >= 0.6 is 0 Å². The highest BCUT2D eigenvalue weighted by Gasteiger charge is 2.37. The normalized spacial score (nSPS) is 15.7. The zero-order valence-electron chi connectivity index (χ0n) is 18.7. The van der Waals surface area contributed by atoms with E-state index in [1.54, 1.807) is 31.2 Å². The van der Waals surface area contributed by atoms with Crippen molar-refractivity contribution in [2.75, 3.05) is 16.9 Å². The summed E-state index contributed by atoms with van der Waals surface area (Å²) in [5, 5.41) is 11.6. The van der Waals surface area contributed by atoms with Crippen molar-refractivity contribution in [3.8, 4) is 0 Å². The molecule has 0 saturated heterocycles. The van der Waals surface area contributed by atoms with Crippen LogP contribution in [0.15, 0.2) is 59.7 Å². The molecule has 2 amide bonds. The van der Waals surface area contributed by atoms with Crippen LogP contribution in [-0.2, 0) is 14.3 Å². The van der Waals surface area contributed by atoms with Gasteiger partial charge in [-0.05, 0) is 52.0 Å². The Hall–Kier alpha value is -3.68. The third-order valence-corrected chi connectivity index (χ3v) is 4.66. The Morgan fingerprint density at radius 3 is 2.38 bits per heavy atom. The standard InChI is InChI=1S/C24H28N4O4/c1-5-32-23(31)19-15-20(28(27-19)16-11-7-6-8-12-16)22(30)25-18-14-10-9-13-17(18)21(29)26-24(2,3)4/h6-14,20H,5,15H2,1-4H3,(H,25,30)(H,26,29). The monoisotopic (exact) mass is 436 g/mol. The van der Waals surface area contributed by atoms with E-state index in [0.717, 1.165) is 0 Å². The van der Waals surface area contributed by atoms with Gasteiger partial charge in [-0.25, -0.2) is 4.79 Å². The van der Waals surface area contributed by atoms with Crippen LogP contribution in [0.3, 0.4) is 0 Å². The largest absolute Gasteiger partial charge is 0.461 e. The molecular weight excluding hydrogens is 408 g/mol. The molecule has 3 rings (SSSR count). The number of hydrazone groups is 1. The molecule has 0 radical (unpaired) electrons. The fourth-order valence-corrected chi connectivity index (χ4v) is 3.28. The molecule has 8 heteroatoms. The molecule has 1 heterocycles. The number of esters is 1. The van der Waals surface area contributed by atoms with Gasteiger partial charge >= 0.3 is 5.97 Å². The van der Waals surface area contributed by atoms with Crippen molar-refractivity contribution in [3.05, 3.63) is 60.2 Å². The van der Waals surface area contributed by atoms with Crippen LogP contribution in [0, 0.1) is 0 Å². The summed E-state index contributed by atoms with van der Waals surface area (Å²) in [6, 6.07) is 15.2. The molecule has 0 saturated carbocycles. The molecule has 8 nitrogen and oxygen atoms in total. The number of carbonyl (C=O) groups is 3. The van der Waals surface area contributed by atoms with Crippen LogP contribution in [0.2, 0.25) is 0 Å². The maximum absolute atomic E-state index is 13.3. The minimum absolute atomic E-state index is 0.0932. The SMILES string of the molecule is CCOC(=O)C1=NN(c2ccccc2)C(C(=O)Nc2ccccc2C(=O)NC(C)(C)C)C1. The van der Waals surface area contributed by atoms with E-state index in [2.05, 4.69) is 15.7 Å². The second-order valence-corrected chi connectivity index (χ2v) is 8.41. The van der Waals surface area contributed by atoms with Gasteiger partial charge in [0.15, 0.2) is 0 Å². The van der Waals surface area contributed by atoms with E-state index in [0.29, 0.717) is 16.9 Å². The first-order chi connectivity index (χ1) is 15.2. The number of nitrogens with one attached hydrogen (secondary N) is 2. The maximum atomic E-state index is 13.3. The summed E-state index contributed by atoms with van der Waals surface area (Å²) in [7, 11) is 0. The number of amides is 2. The molecule has 1 aliphatic rings. The molecule has 2 aromatic rings. The second-order valence-electron chi connectivity index (χ2n) is 8.41. The molecule has 2 N–H and O–H groups in total. The summed E-state index contributed by atoms with van der Waals surface area (Å²) in [4.78, 5) is 38.3. The van der Waals surface area contributed by atoms with Gasteiger partial charge in [0, 0.05) is 12.0 Å². The number of nitrogens with zero attached hydrogens (tertiary/aromatic N) is 2. The number of ether oxygens (including phenoxy) is 1. The van der Waals surface area contributed by atoms with Crippen LogP contribution in [0.5, 0.6) is 0 Å². The Kier molecular flexibility index (Phi) is 6.92. The molecule has 0 aromatic heterocycles. The van der Waals surface area contributed by atoms with Gasteiger partial charge < -0.3 is 15.4 Å². The summed E-state index contributed by atoms with van der Waals surface area (Å²) in [5.41, 5.74) is 1.16. The Labute approximate surface area is 187 Å². The van der Waals surface area contributed by atoms with Crippen LogP contribution in [0.4, 0.5) is 11.4 Å². The first kappa shape index (κ1) is 23.0. The number of anilines is 2. The van der Waals surface area contributed by atoms with Crippen LogP contribution < -0.4 is 15.6 Å². The molecule has 0 spiro atoms. The predicted molar refractivity (Wildman–Crippen MR) is 124 cm³/mol. The molecule has 1 aliphatic heterocycles. The van der Waals surface area contributed by atoms with Crippen LogP contribution in [0.25, 0.3) is 0 Å². The first-order valence-electron chi connectivity index (χ1n) is 10.5. The minimum atomic E-state index is -0.768. The fourth-order valence-electron chi connectivity index (χ4n) is 3.28. The number of hydrogen-bond donors (Lipinski definition) is 2. The van der Waals surface area contributed by atoms with Crippen LogP contribution in [-0.4, -0.2) is 41.7 Å². The quantitative estimate of drug-likeness (QED) is 0.677.